The average molecular weight is 176 g/mol. The van der Waals surface area contributed by atoms with Crippen molar-refractivity contribution < 1.29 is 14.5 Å². The van der Waals surface area contributed by atoms with E-state index >= 15 is 0 Å². The van der Waals surface area contributed by atoms with Crippen molar-refractivity contribution in [2.45, 2.75) is 38.3 Å². The van der Waals surface area contributed by atoms with Crippen molar-refractivity contribution in [3.63, 3.8) is 0 Å². The van der Waals surface area contributed by atoms with Gasteiger partial charge in [0, 0.05) is 11.6 Å². The Labute approximate surface area is 68.0 Å². The Morgan fingerprint density at radius 1 is 1.64 bits per heavy atom. The number of aliphatic carboxylic acids is 1. The maximum atomic E-state index is 10.6. The van der Waals surface area contributed by atoms with E-state index in [-0.39, 0.29) is 20.0 Å². The highest BCUT2D eigenvalue weighted by atomic mass is 31.1. The molecule has 0 radical (unpaired) electrons. The lowest BCUT2D eigenvalue weighted by Crippen LogP contribution is -2.16. The summed E-state index contributed by atoms with van der Waals surface area (Å²) >= 11 is 0. The molecule has 0 rings (SSSR count). The number of rotatable bonds is 5. The zero-order valence-electron chi connectivity index (χ0n) is 6.83. The molecule has 3 nitrogen and oxygen atoms in total. The molecule has 0 saturated carbocycles. The van der Waals surface area contributed by atoms with Gasteiger partial charge in [0.05, 0.1) is 0 Å². The molecule has 0 spiro atoms. The molecule has 0 bridgehead atoms. The SMILES string of the molecule is CCC(C)(CCC(=O)O)P=O. The number of carbonyl (C=O) groups is 1. The first-order valence-electron chi connectivity index (χ1n) is 3.60. The molecule has 4 heteroatoms. The van der Waals surface area contributed by atoms with E-state index in [1.807, 2.05) is 13.8 Å². The van der Waals surface area contributed by atoms with Crippen molar-refractivity contribution in [1.82, 2.24) is 0 Å². The summed E-state index contributed by atoms with van der Waals surface area (Å²) in [4.78, 5) is 10.2. The fourth-order valence-electron chi connectivity index (χ4n) is 0.663. The van der Waals surface area contributed by atoms with Crippen molar-refractivity contribution in [3.05, 3.63) is 0 Å². The van der Waals surface area contributed by atoms with Crippen molar-refractivity contribution in [1.29, 1.82) is 0 Å². The van der Waals surface area contributed by atoms with E-state index in [2.05, 4.69) is 0 Å². The Morgan fingerprint density at radius 2 is 2.18 bits per heavy atom. The first-order chi connectivity index (χ1) is 5.04. The van der Waals surface area contributed by atoms with Crippen LogP contribution in [0.5, 0.6) is 0 Å². The Hall–Kier alpha value is -0.430. The second kappa shape index (κ2) is 4.45. The Kier molecular flexibility index (Phi) is 4.27. The molecular weight excluding hydrogens is 163 g/mol. The van der Waals surface area contributed by atoms with Crippen molar-refractivity contribution in [2.24, 2.45) is 0 Å². The summed E-state index contributed by atoms with van der Waals surface area (Å²) in [6.07, 6.45) is 1.31. The lowest BCUT2D eigenvalue weighted by Gasteiger charge is -2.17. The van der Waals surface area contributed by atoms with E-state index in [9.17, 15) is 9.36 Å². The van der Waals surface area contributed by atoms with Crippen molar-refractivity contribution in [2.75, 3.05) is 0 Å². The molecule has 0 aliphatic heterocycles. The monoisotopic (exact) mass is 176 g/mol. The van der Waals surface area contributed by atoms with E-state index in [4.69, 9.17) is 5.11 Å². The predicted molar refractivity (Wildman–Crippen MR) is 43.2 cm³/mol. The highest BCUT2D eigenvalue weighted by molar-refractivity contribution is 7.25. The molecule has 11 heavy (non-hydrogen) atoms. The lowest BCUT2D eigenvalue weighted by molar-refractivity contribution is -0.137. The number of hydrogen-bond donors (Lipinski definition) is 1. The van der Waals surface area contributed by atoms with E-state index in [1.165, 1.54) is 0 Å². The van der Waals surface area contributed by atoms with Gasteiger partial charge in [-0.15, -0.1) is 0 Å². The van der Waals surface area contributed by atoms with Gasteiger partial charge in [-0.25, -0.2) is 0 Å². The van der Waals surface area contributed by atoms with Crippen LogP contribution in [0, 0.1) is 0 Å². The summed E-state index contributed by atoms with van der Waals surface area (Å²) in [7, 11) is 0.0445. The fourth-order valence-corrected chi connectivity index (χ4v) is 0.995. The summed E-state index contributed by atoms with van der Waals surface area (Å²) in [5.41, 5.74) is 0. The maximum Gasteiger partial charge on any atom is 0.303 e. The normalized spacial score (nSPS) is 16.2. The molecule has 0 aliphatic rings. The van der Waals surface area contributed by atoms with E-state index in [1.54, 1.807) is 0 Å². The molecule has 0 aromatic heterocycles. The highest BCUT2D eigenvalue weighted by Gasteiger charge is 2.23. The summed E-state index contributed by atoms with van der Waals surface area (Å²) in [6, 6.07) is 0. The van der Waals surface area contributed by atoms with Gasteiger partial charge in [0.25, 0.3) is 0 Å². The van der Waals surface area contributed by atoms with Gasteiger partial charge in [0.2, 0.25) is 0 Å². The number of hydrogen-bond acceptors (Lipinski definition) is 2. The molecule has 0 aliphatic carbocycles. The maximum absolute atomic E-state index is 10.6. The summed E-state index contributed by atoms with van der Waals surface area (Å²) in [5, 5.41) is 8.01. The zero-order valence-corrected chi connectivity index (χ0v) is 7.73. The standard InChI is InChI=1S/C7H13O3P/c1-3-7(2,11-10)5-4-6(8)9/h3-5H2,1-2H3,(H,8,9). The third-order valence-corrected chi connectivity index (χ3v) is 2.84. The molecule has 1 atom stereocenters. The van der Waals surface area contributed by atoms with Gasteiger partial charge < -0.3 is 5.11 Å². The minimum absolute atomic E-state index is 0.0445. The van der Waals surface area contributed by atoms with Crippen molar-refractivity contribution in [3.8, 4) is 0 Å². The third kappa shape index (κ3) is 4.10. The largest absolute Gasteiger partial charge is 0.481 e. The van der Waals surface area contributed by atoms with Crippen LogP contribution in [0.2, 0.25) is 0 Å². The third-order valence-electron chi connectivity index (χ3n) is 1.86. The van der Waals surface area contributed by atoms with Crippen LogP contribution in [0.1, 0.15) is 33.1 Å². The minimum atomic E-state index is -0.826. The molecule has 0 fully saturated rings. The molecule has 0 aromatic rings. The van der Waals surface area contributed by atoms with Gasteiger partial charge >= 0.3 is 5.97 Å². The second-order valence-corrected chi connectivity index (χ2v) is 4.10. The van der Waals surface area contributed by atoms with Crippen LogP contribution < -0.4 is 0 Å². The quantitative estimate of drug-likeness (QED) is 0.654. The van der Waals surface area contributed by atoms with E-state index in [0.717, 1.165) is 6.42 Å². The molecular formula is C7H13O3P. The van der Waals surface area contributed by atoms with Gasteiger partial charge in [-0.2, -0.15) is 0 Å². The van der Waals surface area contributed by atoms with Crippen molar-refractivity contribution >= 4 is 14.4 Å². The van der Waals surface area contributed by atoms with Gasteiger partial charge in [-0.1, -0.05) is 6.92 Å². The summed E-state index contributed by atoms with van der Waals surface area (Å²) in [6.45, 7) is 3.73. The van der Waals surface area contributed by atoms with Gasteiger partial charge in [-0.3, -0.25) is 9.36 Å². The lowest BCUT2D eigenvalue weighted by atomic mass is 10.0. The molecule has 0 amide bonds. The Balaban J connectivity index is 3.87. The molecule has 0 heterocycles. The molecule has 1 N–H and O–H groups in total. The molecule has 0 saturated heterocycles. The minimum Gasteiger partial charge on any atom is -0.481 e. The van der Waals surface area contributed by atoms with Crippen LogP contribution in [0.25, 0.3) is 0 Å². The van der Waals surface area contributed by atoms with Crippen LogP contribution >= 0.6 is 8.46 Å². The number of carboxylic acid groups (broad SMARTS) is 1. The molecule has 64 valence electrons. The highest BCUT2D eigenvalue weighted by Crippen LogP contribution is 2.31. The topological polar surface area (TPSA) is 54.4 Å². The van der Waals surface area contributed by atoms with Crippen LogP contribution in [0.4, 0.5) is 0 Å². The van der Waals surface area contributed by atoms with Crippen LogP contribution in [0.15, 0.2) is 0 Å². The fraction of sp³-hybridized carbons (Fsp3) is 0.857. The van der Waals surface area contributed by atoms with E-state index < -0.39 is 5.97 Å². The predicted octanol–water partition coefficient (Wildman–Crippen LogP) is 2.31. The summed E-state index contributed by atoms with van der Waals surface area (Å²) < 4.78 is 10.6. The van der Waals surface area contributed by atoms with Gasteiger partial charge in [0.1, 0.15) is 0 Å². The average Bonchev–Trinajstić information content (AvgIpc) is 2.00. The van der Waals surface area contributed by atoms with Gasteiger partial charge in [-0.05, 0) is 19.8 Å². The Morgan fingerprint density at radius 3 is 2.45 bits per heavy atom. The van der Waals surface area contributed by atoms with E-state index in [0.29, 0.717) is 6.42 Å². The van der Waals surface area contributed by atoms with Gasteiger partial charge in [0.15, 0.2) is 8.46 Å². The van der Waals surface area contributed by atoms with Crippen LogP contribution in [-0.2, 0) is 9.36 Å². The molecule has 0 aromatic carbocycles. The zero-order chi connectivity index (χ0) is 8.91. The summed E-state index contributed by atoms with van der Waals surface area (Å²) in [5.74, 6) is -0.826. The smallest absolute Gasteiger partial charge is 0.303 e. The first-order valence-corrected chi connectivity index (χ1v) is 4.41. The first kappa shape index (κ1) is 10.6. The van der Waals surface area contributed by atoms with Crippen LogP contribution in [-0.4, -0.2) is 16.2 Å². The Bertz CT molecular complexity index is 158. The van der Waals surface area contributed by atoms with Crippen LogP contribution in [0.3, 0.4) is 0 Å². The number of carboxylic acids is 1. The second-order valence-electron chi connectivity index (χ2n) is 2.84. The molecule has 1 unspecified atom stereocenters.